The number of rotatable bonds is 3. The minimum Gasteiger partial charge on any atom is -0.493 e. The third-order valence-electron chi connectivity index (χ3n) is 4.24. The fraction of sp³-hybridized carbons (Fsp3) is 0.400. The Kier molecular flexibility index (Phi) is 3.13. The molecule has 2 aromatic rings. The minimum absolute atomic E-state index is 0.457. The van der Waals surface area contributed by atoms with Crippen LogP contribution in [0.5, 0.6) is 5.75 Å². The van der Waals surface area contributed by atoms with Crippen LogP contribution < -0.4 is 4.74 Å². The first-order valence-electron chi connectivity index (χ1n) is 6.58. The Morgan fingerprint density at radius 3 is 2.75 bits per heavy atom. The fourth-order valence-electron chi connectivity index (χ4n) is 3.15. The third kappa shape index (κ3) is 1.71. The van der Waals surface area contributed by atoms with Crippen molar-refractivity contribution in [2.75, 3.05) is 7.11 Å². The Balaban J connectivity index is 2.30. The number of hydrogen-bond donors (Lipinski definition) is 1. The van der Waals surface area contributed by atoms with Gasteiger partial charge in [0.1, 0.15) is 0 Å². The summed E-state index contributed by atoms with van der Waals surface area (Å²) in [7, 11) is 1.54. The molecule has 1 aromatic heterocycles. The second kappa shape index (κ2) is 4.70. The zero-order valence-electron chi connectivity index (χ0n) is 11.1. The lowest BCUT2D eigenvalue weighted by molar-refractivity contribution is -0.143. The van der Waals surface area contributed by atoms with Gasteiger partial charge in [-0.05, 0) is 30.5 Å². The van der Waals surface area contributed by atoms with Crippen LogP contribution in [0.3, 0.4) is 0 Å². The maximum atomic E-state index is 11.8. The van der Waals surface area contributed by atoms with Crippen molar-refractivity contribution < 1.29 is 19.1 Å². The van der Waals surface area contributed by atoms with Gasteiger partial charge in [-0.1, -0.05) is 24.4 Å². The van der Waals surface area contributed by atoms with Gasteiger partial charge in [-0.15, -0.1) is 0 Å². The van der Waals surface area contributed by atoms with Crippen LogP contribution in [0, 0.1) is 0 Å². The number of benzene rings is 1. The molecule has 1 heterocycles. The van der Waals surface area contributed by atoms with Gasteiger partial charge in [-0.25, -0.2) is 0 Å². The smallest absolute Gasteiger partial charge is 0.314 e. The first kappa shape index (κ1) is 13.3. The van der Waals surface area contributed by atoms with Gasteiger partial charge in [0.25, 0.3) is 0 Å². The van der Waals surface area contributed by atoms with E-state index in [4.69, 9.17) is 20.8 Å². The highest BCUT2D eigenvalue weighted by atomic mass is 35.5. The first-order valence-corrected chi connectivity index (χ1v) is 6.95. The Morgan fingerprint density at radius 2 is 2.15 bits per heavy atom. The molecule has 0 spiro atoms. The van der Waals surface area contributed by atoms with E-state index in [1.807, 2.05) is 0 Å². The highest BCUT2D eigenvalue weighted by Gasteiger charge is 2.45. The molecule has 0 amide bonds. The Hall–Kier alpha value is -1.68. The molecule has 1 saturated carbocycles. The lowest BCUT2D eigenvalue weighted by Gasteiger charge is -2.26. The average Bonchev–Trinajstić information content (AvgIpc) is 3.09. The van der Waals surface area contributed by atoms with Crippen molar-refractivity contribution >= 4 is 28.5 Å². The zero-order chi connectivity index (χ0) is 14.3. The highest BCUT2D eigenvalue weighted by Crippen LogP contribution is 2.48. The summed E-state index contributed by atoms with van der Waals surface area (Å²) in [4.78, 5) is 11.8. The molecular weight excluding hydrogens is 280 g/mol. The number of aliphatic carboxylic acids is 1. The summed E-state index contributed by atoms with van der Waals surface area (Å²) in [5, 5.41) is 10.9. The number of carboxylic acids is 1. The van der Waals surface area contributed by atoms with Crippen LogP contribution in [0.15, 0.2) is 22.8 Å². The third-order valence-corrected chi connectivity index (χ3v) is 4.65. The largest absolute Gasteiger partial charge is 0.493 e. The van der Waals surface area contributed by atoms with Gasteiger partial charge in [0.15, 0.2) is 11.3 Å². The number of methoxy groups -OCH3 is 1. The van der Waals surface area contributed by atoms with Gasteiger partial charge in [-0.3, -0.25) is 4.79 Å². The van der Waals surface area contributed by atoms with Gasteiger partial charge >= 0.3 is 5.97 Å². The second-order valence-corrected chi connectivity index (χ2v) is 5.58. The summed E-state index contributed by atoms with van der Waals surface area (Å²) in [5.41, 5.74) is 0.283. The molecule has 1 aliphatic rings. The van der Waals surface area contributed by atoms with Gasteiger partial charge in [0.2, 0.25) is 0 Å². The molecule has 0 radical (unpaired) electrons. The average molecular weight is 295 g/mol. The molecule has 3 rings (SSSR count). The quantitative estimate of drug-likeness (QED) is 0.930. The lowest BCUT2D eigenvalue weighted by Crippen LogP contribution is -2.33. The highest BCUT2D eigenvalue weighted by molar-refractivity contribution is 6.36. The summed E-state index contributed by atoms with van der Waals surface area (Å²) in [5.74, 6) is -0.293. The van der Waals surface area contributed by atoms with Crippen molar-refractivity contribution in [1.29, 1.82) is 0 Å². The van der Waals surface area contributed by atoms with Crippen LogP contribution in [0.25, 0.3) is 11.0 Å². The molecule has 106 valence electrons. The van der Waals surface area contributed by atoms with Crippen molar-refractivity contribution in [3.05, 3.63) is 29.0 Å². The summed E-state index contributed by atoms with van der Waals surface area (Å²) >= 11 is 6.45. The standard InChI is InChI=1S/C15H15ClO4/c1-19-11-8-10(12(16)9-4-7-20-13(9)11)15(14(17)18)5-2-3-6-15/h4,7-8H,2-3,5-6H2,1H3,(H,17,18). The normalized spacial score (nSPS) is 17.5. The second-order valence-electron chi connectivity index (χ2n) is 5.20. The van der Waals surface area contributed by atoms with E-state index in [0.717, 1.165) is 12.8 Å². The zero-order valence-corrected chi connectivity index (χ0v) is 11.9. The Morgan fingerprint density at radius 1 is 1.45 bits per heavy atom. The summed E-state index contributed by atoms with van der Waals surface area (Å²) in [6.45, 7) is 0. The first-order chi connectivity index (χ1) is 9.60. The molecule has 1 N–H and O–H groups in total. The fourth-order valence-corrected chi connectivity index (χ4v) is 3.54. The molecule has 4 nitrogen and oxygen atoms in total. The molecule has 0 saturated heterocycles. The summed E-state index contributed by atoms with van der Waals surface area (Å²) < 4.78 is 10.7. The lowest BCUT2D eigenvalue weighted by atomic mass is 9.78. The summed E-state index contributed by atoms with van der Waals surface area (Å²) in [6.07, 6.45) is 4.54. The van der Waals surface area contributed by atoms with Crippen molar-refractivity contribution in [3.63, 3.8) is 0 Å². The van der Waals surface area contributed by atoms with Crippen LogP contribution in [0.1, 0.15) is 31.2 Å². The number of carboxylic acid groups (broad SMARTS) is 1. The van der Waals surface area contributed by atoms with E-state index >= 15 is 0 Å². The molecule has 1 aliphatic carbocycles. The van der Waals surface area contributed by atoms with Gasteiger partial charge in [0, 0.05) is 5.39 Å². The minimum atomic E-state index is -0.907. The topological polar surface area (TPSA) is 59.7 Å². The molecule has 0 aliphatic heterocycles. The van der Waals surface area contributed by atoms with Gasteiger partial charge in [-0.2, -0.15) is 0 Å². The van der Waals surface area contributed by atoms with Gasteiger partial charge in [0.05, 0.1) is 23.8 Å². The van der Waals surface area contributed by atoms with E-state index in [-0.39, 0.29) is 0 Å². The van der Waals surface area contributed by atoms with Crippen molar-refractivity contribution in [2.45, 2.75) is 31.1 Å². The van der Waals surface area contributed by atoms with E-state index in [2.05, 4.69) is 0 Å². The maximum absolute atomic E-state index is 11.8. The van der Waals surface area contributed by atoms with E-state index in [1.165, 1.54) is 13.4 Å². The Bertz CT molecular complexity index is 668. The molecular formula is C15H15ClO4. The number of fused-ring (bicyclic) bond motifs is 1. The predicted octanol–water partition coefficient (Wildman–Crippen LogP) is 3.99. The maximum Gasteiger partial charge on any atom is 0.314 e. The van der Waals surface area contributed by atoms with Crippen LogP contribution in [-0.2, 0) is 10.2 Å². The van der Waals surface area contributed by atoms with Crippen LogP contribution >= 0.6 is 11.6 Å². The van der Waals surface area contributed by atoms with Crippen molar-refractivity contribution in [2.24, 2.45) is 0 Å². The molecule has 5 heteroatoms. The number of carbonyl (C=O) groups is 1. The number of furan rings is 1. The van der Waals surface area contributed by atoms with Crippen molar-refractivity contribution in [1.82, 2.24) is 0 Å². The SMILES string of the molecule is COc1cc(C2(C(=O)O)CCCC2)c(Cl)c2ccoc12. The van der Waals surface area contributed by atoms with E-state index in [9.17, 15) is 9.90 Å². The van der Waals surface area contributed by atoms with Crippen molar-refractivity contribution in [3.8, 4) is 5.75 Å². The monoisotopic (exact) mass is 294 g/mol. The number of halogens is 1. The molecule has 0 bridgehead atoms. The number of ether oxygens (including phenoxy) is 1. The molecule has 1 fully saturated rings. The predicted molar refractivity (Wildman–Crippen MR) is 75.6 cm³/mol. The molecule has 0 unspecified atom stereocenters. The van der Waals surface area contributed by atoms with Crippen LogP contribution in [0.2, 0.25) is 5.02 Å². The summed E-state index contributed by atoms with van der Waals surface area (Å²) in [6, 6.07) is 3.46. The van der Waals surface area contributed by atoms with E-state index in [0.29, 0.717) is 40.1 Å². The van der Waals surface area contributed by atoms with E-state index in [1.54, 1.807) is 12.1 Å². The van der Waals surface area contributed by atoms with Crippen LogP contribution in [0.4, 0.5) is 0 Å². The number of hydrogen-bond acceptors (Lipinski definition) is 3. The van der Waals surface area contributed by atoms with Gasteiger partial charge < -0.3 is 14.3 Å². The molecule has 1 aromatic carbocycles. The molecule has 0 atom stereocenters. The molecule has 20 heavy (non-hydrogen) atoms. The van der Waals surface area contributed by atoms with Crippen LogP contribution in [-0.4, -0.2) is 18.2 Å². The Labute approximate surface area is 121 Å². The van der Waals surface area contributed by atoms with E-state index < -0.39 is 11.4 Å².